The maximum Gasteiger partial charge on any atom is 0.191 e. The first kappa shape index (κ1) is 15.8. The molecule has 112 valence electrons. The van der Waals surface area contributed by atoms with Gasteiger partial charge in [-0.25, -0.2) is 0 Å². The molecule has 0 spiro atoms. The normalized spacial score (nSPS) is 17.2. The molecule has 1 aliphatic rings. The smallest absolute Gasteiger partial charge is 0.191 e. The second-order valence-corrected chi connectivity index (χ2v) is 6.45. The number of morpholine rings is 1. The summed E-state index contributed by atoms with van der Waals surface area (Å²) in [5.41, 5.74) is 0. The minimum Gasteiger partial charge on any atom is -0.379 e. The summed E-state index contributed by atoms with van der Waals surface area (Å²) in [5, 5.41) is 8.75. The number of nitrogens with one attached hydrogen (secondary N) is 2. The van der Waals surface area contributed by atoms with Crippen LogP contribution in [0.1, 0.15) is 4.88 Å². The monoisotopic (exact) mass is 360 g/mol. The molecule has 1 aromatic rings. The second-order valence-electron chi connectivity index (χ2n) is 4.54. The van der Waals surface area contributed by atoms with Gasteiger partial charge in [0.25, 0.3) is 0 Å². The van der Waals surface area contributed by atoms with Gasteiger partial charge in [0.2, 0.25) is 0 Å². The molecule has 0 saturated carbocycles. The molecule has 5 nitrogen and oxygen atoms in total. The number of hydrogen-bond donors (Lipinski definition) is 2. The van der Waals surface area contributed by atoms with Crippen LogP contribution in [-0.4, -0.2) is 57.3 Å². The van der Waals surface area contributed by atoms with Gasteiger partial charge in [-0.3, -0.25) is 9.89 Å². The van der Waals surface area contributed by atoms with Crippen molar-refractivity contribution in [2.45, 2.75) is 6.54 Å². The lowest BCUT2D eigenvalue weighted by Gasteiger charge is -2.26. The standard InChI is InChI=1S/C13H21BrN4OS/c1-15-13(17-9-12-8-11(14)10-20-12)16-2-3-18-4-6-19-7-5-18/h8,10H,2-7,9H2,1H3,(H2,15,16,17). The first-order chi connectivity index (χ1) is 9.78. The van der Waals surface area contributed by atoms with E-state index in [1.165, 1.54) is 4.88 Å². The number of thiophene rings is 1. The van der Waals surface area contributed by atoms with Crippen LogP contribution in [0.25, 0.3) is 0 Å². The van der Waals surface area contributed by atoms with Crippen LogP contribution < -0.4 is 10.6 Å². The molecular weight excluding hydrogens is 340 g/mol. The zero-order chi connectivity index (χ0) is 14.2. The Morgan fingerprint density at radius 2 is 2.25 bits per heavy atom. The minimum absolute atomic E-state index is 0.799. The van der Waals surface area contributed by atoms with E-state index in [1.807, 2.05) is 0 Å². The average molecular weight is 361 g/mol. The van der Waals surface area contributed by atoms with Crippen LogP contribution in [0.2, 0.25) is 0 Å². The molecule has 2 N–H and O–H groups in total. The van der Waals surface area contributed by atoms with Gasteiger partial charge in [-0.2, -0.15) is 0 Å². The molecular formula is C13H21BrN4OS. The van der Waals surface area contributed by atoms with E-state index in [9.17, 15) is 0 Å². The molecule has 0 radical (unpaired) electrons. The molecule has 0 amide bonds. The van der Waals surface area contributed by atoms with Crippen molar-refractivity contribution in [3.8, 4) is 0 Å². The van der Waals surface area contributed by atoms with E-state index in [-0.39, 0.29) is 0 Å². The Morgan fingerprint density at radius 3 is 2.90 bits per heavy atom. The summed E-state index contributed by atoms with van der Waals surface area (Å²) in [6, 6.07) is 2.12. The van der Waals surface area contributed by atoms with Crippen molar-refractivity contribution in [2.75, 3.05) is 46.4 Å². The zero-order valence-electron chi connectivity index (χ0n) is 11.7. The molecule has 0 bridgehead atoms. The van der Waals surface area contributed by atoms with Gasteiger partial charge in [-0.05, 0) is 22.0 Å². The van der Waals surface area contributed by atoms with Crippen molar-refractivity contribution in [1.29, 1.82) is 0 Å². The van der Waals surface area contributed by atoms with Crippen molar-refractivity contribution in [3.63, 3.8) is 0 Å². The van der Waals surface area contributed by atoms with Gasteiger partial charge in [-0.15, -0.1) is 11.3 Å². The van der Waals surface area contributed by atoms with Crippen molar-refractivity contribution in [1.82, 2.24) is 15.5 Å². The highest BCUT2D eigenvalue weighted by Crippen LogP contribution is 2.19. The Labute approximate surface area is 132 Å². The minimum atomic E-state index is 0.799. The molecule has 1 fully saturated rings. The summed E-state index contributed by atoms with van der Waals surface area (Å²) in [5.74, 6) is 0.850. The maximum absolute atomic E-state index is 5.34. The lowest BCUT2D eigenvalue weighted by molar-refractivity contribution is 0.0389. The second kappa shape index (κ2) is 8.61. The van der Waals surface area contributed by atoms with Crippen LogP contribution in [0.5, 0.6) is 0 Å². The van der Waals surface area contributed by atoms with E-state index >= 15 is 0 Å². The van der Waals surface area contributed by atoms with Gasteiger partial charge in [0.15, 0.2) is 5.96 Å². The molecule has 2 heterocycles. The molecule has 0 unspecified atom stereocenters. The maximum atomic E-state index is 5.34. The summed E-state index contributed by atoms with van der Waals surface area (Å²) in [7, 11) is 1.80. The lowest BCUT2D eigenvalue weighted by Crippen LogP contribution is -2.44. The Balaban J connectivity index is 1.64. The molecule has 0 atom stereocenters. The predicted molar refractivity (Wildman–Crippen MR) is 87.5 cm³/mol. The summed E-state index contributed by atoms with van der Waals surface area (Å²) in [6.45, 7) is 6.46. The van der Waals surface area contributed by atoms with Gasteiger partial charge < -0.3 is 15.4 Å². The molecule has 1 saturated heterocycles. The van der Waals surface area contributed by atoms with E-state index in [2.05, 4.69) is 47.9 Å². The summed E-state index contributed by atoms with van der Waals surface area (Å²) in [4.78, 5) is 7.92. The Hall–Kier alpha value is -0.630. The van der Waals surface area contributed by atoms with E-state index in [1.54, 1.807) is 18.4 Å². The van der Waals surface area contributed by atoms with Crippen molar-refractivity contribution >= 4 is 33.2 Å². The quantitative estimate of drug-likeness (QED) is 0.617. The predicted octanol–water partition coefficient (Wildman–Crippen LogP) is 1.51. The highest BCUT2D eigenvalue weighted by atomic mass is 79.9. The number of ether oxygens (including phenoxy) is 1. The number of rotatable bonds is 5. The van der Waals surface area contributed by atoms with Crippen LogP contribution >= 0.6 is 27.3 Å². The third-order valence-electron chi connectivity index (χ3n) is 3.10. The van der Waals surface area contributed by atoms with E-state index in [0.29, 0.717) is 0 Å². The average Bonchev–Trinajstić information content (AvgIpc) is 2.89. The number of nitrogens with zero attached hydrogens (tertiary/aromatic N) is 2. The first-order valence-corrected chi connectivity index (χ1v) is 8.42. The third kappa shape index (κ3) is 5.40. The Kier molecular flexibility index (Phi) is 6.78. The number of hydrogen-bond acceptors (Lipinski definition) is 4. The van der Waals surface area contributed by atoms with E-state index < -0.39 is 0 Å². The van der Waals surface area contributed by atoms with Crippen LogP contribution in [-0.2, 0) is 11.3 Å². The molecule has 1 aromatic heterocycles. The van der Waals surface area contributed by atoms with Crippen molar-refractivity contribution < 1.29 is 4.74 Å². The van der Waals surface area contributed by atoms with Gasteiger partial charge in [0, 0.05) is 48.0 Å². The van der Waals surface area contributed by atoms with E-state index in [4.69, 9.17) is 4.74 Å². The molecule has 0 aromatic carbocycles. The highest BCUT2D eigenvalue weighted by molar-refractivity contribution is 9.10. The SMILES string of the molecule is CN=C(NCCN1CCOCC1)NCc1cc(Br)cs1. The van der Waals surface area contributed by atoms with Crippen LogP contribution in [0.4, 0.5) is 0 Å². The largest absolute Gasteiger partial charge is 0.379 e. The molecule has 0 aliphatic carbocycles. The fourth-order valence-electron chi connectivity index (χ4n) is 2.00. The fraction of sp³-hybridized carbons (Fsp3) is 0.615. The van der Waals surface area contributed by atoms with Crippen LogP contribution in [0.3, 0.4) is 0 Å². The molecule has 2 rings (SSSR count). The molecule has 7 heteroatoms. The van der Waals surface area contributed by atoms with Gasteiger partial charge >= 0.3 is 0 Å². The Bertz CT molecular complexity index is 432. The summed E-state index contributed by atoms with van der Waals surface area (Å²) in [6.07, 6.45) is 0. The van der Waals surface area contributed by atoms with E-state index in [0.717, 1.165) is 56.4 Å². The zero-order valence-corrected chi connectivity index (χ0v) is 14.1. The number of aliphatic imine (C=N–C) groups is 1. The van der Waals surface area contributed by atoms with Crippen LogP contribution in [0.15, 0.2) is 20.9 Å². The highest BCUT2D eigenvalue weighted by Gasteiger charge is 2.09. The summed E-state index contributed by atoms with van der Waals surface area (Å²) < 4.78 is 6.47. The Morgan fingerprint density at radius 1 is 1.45 bits per heavy atom. The summed E-state index contributed by atoms with van der Waals surface area (Å²) >= 11 is 5.20. The molecule has 1 aliphatic heterocycles. The topological polar surface area (TPSA) is 48.9 Å². The van der Waals surface area contributed by atoms with Crippen LogP contribution in [0, 0.1) is 0 Å². The molecule has 20 heavy (non-hydrogen) atoms. The van der Waals surface area contributed by atoms with Crippen molar-refractivity contribution in [3.05, 3.63) is 20.8 Å². The fourth-order valence-corrected chi connectivity index (χ4v) is 3.39. The number of guanidine groups is 1. The number of halogens is 1. The lowest BCUT2D eigenvalue weighted by atomic mass is 10.4. The van der Waals surface area contributed by atoms with Gasteiger partial charge in [-0.1, -0.05) is 0 Å². The first-order valence-electron chi connectivity index (χ1n) is 6.75. The van der Waals surface area contributed by atoms with Gasteiger partial charge in [0.1, 0.15) is 0 Å². The third-order valence-corrected chi connectivity index (χ3v) is 4.80. The van der Waals surface area contributed by atoms with Gasteiger partial charge in [0.05, 0.1) is 19.8 Å². The van der Waals surface area contributed by atoms with Crippen molar-refractivity contribution in [2.24, 2.45) is 4.99 Å².